The summed E-state index contributed by atoms with van der Waals surface area (Å²) in [7, 11) is -2.97. The SMILES string of the molecule is CS(=O)(=O)CCCn1c(CO)nc2cc(Cl)ccc21. The maximum atomic E-state index is 11.1. The molecule has 104 valence electrons. The Morgan fingerprint density at radius 3 is 2.79 bits per heavy atom. The van der Waals surface area contributed by atoms with E-state index in [0.29, 0.717) is 29.3 Å². The molecule has 1 heterocycles. The molecule has 1 aromatic carbocycles. The number of aliphatic hydroxyl groups is 1. The second-order valence-corrected chi connectivity index (χ2v) is 7.15. The molecule has 5 nitrogen and oxygen atoms in total. The number of hydrogen-bond donors (Lipinski definition) is 1. The Hall–Kier alpha value is -1.11. The fourth-order valence-electron chi connectivity index (χ4n) is 2.01. The Bertz CT molecular complexity index is 694. The summed E-state index contributed by atoms with van der Waals surface area (Å²) in [6, 6.07) is 5.30. The van der Waals surface area contributed by atoms with Gasteiger partial charge in [-0.3, -0.25) is 0 Å². The lowest BCUT2D eigenvalue weighted by Gasteiger charge is -2.07. The molecule has 0 unspecified atom stereocenters. The fourth-order valence-corrected chi connectivity index (χ4v) is 2.83. The third-order valence-corrected chi connectivity index (χ3v) is 4.09. The van der Waals surface area contributed by atoms with Gasteiger partial charge in [0.05, 0.1) is 16.8 Å². The van der Waals surface area contributed by atoms with Crippen LogP contribution >= 0.6 is 11.6 Å². The lowest BCUT2D eigenvalue weighted by molar-refractivity contribution is 0.266. The van der Waals surface area contributed by atoms with E-state index in [4.69, 9.17) is 11.6 Å². The van der Waals surface area contributed by atoms with Gasteiger partial charge in [-0.05, 0) is 24.6 Å². The van der Waals surface area contributed by atoms with E-state index in [1.54, 1.807) is 12.1 Å². The molecule has 2 rings (SSSR count). The van der Waals surface area contributed by atoms with Crippen LogP contribution in [0.5, 0.6) is 0 Å². The van der Waals surface area contributed by atoms with Crippen molar-refractivity contribution in [3.8, 4) is 0 Å². The minimum Gasteiger partial charge on any atom is -0.388 e. The molecule has 0 fully saturated rings. The van der Waals surface area contributed by atoms with Crippen LogP contribution in [-0.4, -0.2) is 35.1 Å². The van der Waals surface area contributed by atoms with Crippen LogP contribution in [0.1, 0.15) is 12.2 Å². The highest BCUT2D eigenvalue weighted by Crippen LogP contribution is 2.21. The summed E-state index contributed by atoms with van der Waals surface area (Å²) in [5, 5.41) is 9.89. The van der Waals surface area contributed by atoms with Gasteiger partial charge in [0.25, 0.3) is 0 Å². The smallest absolute Gasteiger partial charge is 0.147 e. The monoisotopic (exact) mass is 302 g/mol. The van der Waals surface area contributed by atoms with E-state index in [1.807, 2.05) is 10.6 Å². The van der Waals surface area contributed by atoms with Gasteiger partial charge in [-0.1, -0.05) is 11.6 Å². The van der Waals surface area contributed by atoms with Crippen molar-refractivity contribution in [2.45, 2.75) is 19.6 Å². The number of aryl methyl sites for hydroxylation is 1. The van der Waals surface area contributed by atoms with Crippen molar-refractivity contribution in [2.75, 3.05) is 12.0 Å². The Kier molecular flexibility index (Phi) is 4.13. The molecule has 2 aromatic rings. The topological polar surface area (TPSA) is 72.2 Å². The molecular weight excluding hydrogens is 288 g/mol. The molecule has 0 aliphatic rings. The van der Waals surface area contributed by atoms with Crippen LogP contribution in [0.3, 0.4) is 0 Å². The average molecular weight is 303 g/mol. The number of benzene rings is 1. The number of imidazole rings is 1. The van der Waals surface area contributed by atoms with Crippen LogP contribution in [0.25, 0.3) is 11.0 Å². The van der Waals surface area contributed by atoms with Gasteiger partial charge in [-0.25, -0.2) is 13.4 Å². The zero-order valence-electron chi connectivity index (χ0n) is 10.5. The van der Waals surface area contributed by atoms with Crippen LogP contribution in [0, 0.1) is 0 Å². The molecule has 7 heteroatoms. The molecule has 0 bridgehead atoms. The number of aliphatic hydroxyl groups excluding tert-OH is 1. The van der Waals surface area contributed by atoms with E-state index >= 15 is 0 Å². The first-order valence-corrected chi connectivity index (χ1v) is 8.28. The first kappa shape index (κ1) is 14.3. The summed E-state index contributed by atoms with van der Waals surface area (Å²) in [5.41, 5.74) is 1.55. The predicted octanol–water partition coefficient (Wildman–Crippen LogP) is 1.62. The highest BCUT2D eigenvalue weighted by molar-refractivity contribution is 7.90. The molecule has 0 saturated carbocycles. The maximum absolute atomic E-state index is 11.1. The highest BCUT2D eigenvalue weighted by Gasteiger charge is 2.11. The largest absolute Gasteiger partial charge is 0.388 e. The molecule has 0 saturated heterocycles. The van der Waals surface area contributed by atoms with E-state index in [-0.39, 0.29) is 12.4 Å². The van der Waals surface area contributed by atoms with Crippen molar-refractivity contribution < 1.29 is 13.5 Å². The second-order valence-electron chi connectivity index (χ2n) is 4.45. The van der Waals surface area contributed by atoms with E-state index in [0.717, 1.165) is 5.52 Å². The van der Waals surface area contributed by atoms with Gasteiger partial charge in [-0.15, -0.1) is 0 Å². The van der Waals surface area contributed by atoms with Gasteiger partial charge in [0.1, 0.15) is 22.3 Å². The Morgan fingerprint density at radius 2 is 2.16 bits per heavy atom. The van der Waals surface area contributed by atoms with Crippen LogP contribution in [-0.2, 0) is 23.0 Å². The zero-order chi connectivity index (χ0) is 14.0. The van der Waals surface area contributed by atoms with Crippen molar-refractivity contribution in [1.29, 1.82) is 0 Å². The van der Waals surface area contributed by atoms with Gasteiger partial charge in [0, 0.05) is 17.8 Å². The third-order valence-electron chi connectivity index (χ3n) is 2.83. The molecule has 1 aromatic heterocycles. The van der Waals surface area contributed by atoms with Crippen molar-refractivity contribution in [2.24, 2.45) is 0 Å². The Balaban J connectivity index is 2.30. The standard InChI is InChI=1S/C12H15ClN2O3S/c1-19(17,18)6-2-5-15-11-4-3-9(13)7-10(11)14-12(15)8-16/h3-4,7,16H,2,5-6,8H2,1H3. The average Bonchev–Trinajstić information content (AvgIpc) is 2.65. The summed E-state index contributed by atoms with van der Waals surface area (Å²) < 4.78 is 24.1. The highest BCUT2D eigenvalue weighted by atomic mass is 35.5. The molecule has 0 aliphatic carbocycles. The number of rotatable bonds is 5. The zero-order valence-corrected chi connectivity index (χ0v) is 12.1. The predicted molar refractivity (Wildman–Crippen MR) is 75.0 cm³/mol. The minimum atomic E-state index is -2.97. The summed E-state index contributed by atoms with van der Waals surface area (Å²) in [5.74, 6) is 0.635. The van der Waals surface area contributed by atoms with E-state index in [1.165, 1.54) is 6.26 Å². The molecule has 0 aliphatic heterocycles. The minimum absolute atomic E-state index is 0.116. The van der Waals surface area contributed by atoms with Crippen molar-refractivity contribution in [3.63, 3.8) is 0 Å². The molecule has 19 heavy (non-hydrogen) atoms. The number of aromatic nitrogens is 2. The number of fused-ring (bicyclic) bond motifs is 1. The van der Waals surface area contributed by atoms with Gasteiger partial charge < -0.3 is 9.67 Å². The molecule has 0 spiro atoms. The van der Waals surface area contributed by atoms with Crippen molar-refractivity contribution in [3.05, 3.63) is 29.0 Å². The number of halogens is 1. The van der Waals surface area contributed by atoms with Crippen LogP contribution in [0.15, 0.2) is 18.2 Å². The summed E-state index contributed by atoms with van der Waals surface area (Å²) in [4.78, 5) is 4.29. The lowest BCUT2D eigenvalue weighted by atomic mass is 10.3. The van der Waals surface area contributed by atoms with Gasteiger partial charge >= 0.3 is 0 Å². The molecular formula is C12H15ClN2O3S. The fraction of sp³-hybridized carbons (Fsp3) is 0.417. The van der Waals surface area contributed by atoms with Gasteiger partial charge in [0.15, 0.2) is 0 Å². The number of nitrogens with zero attached hydrogens (tertiary/aromatic N) is 2. The second kappa shape index (κ2) is 5.48. The van der Waals surface area contributed by atoms with Crippen molar-refractivity contribution >= 4 is 32.5 Å². The number of sulfone groups is 1. The van der Waals surface area contributed by atoms with E-state index in [2.05, 4.69) is 4.98 Å². The summed E-state index contributed by atoms with van der Waals surface area (Å²) in [6.45, 7) is 0.312. The summed E-state index contributed by atoms with van der Waals surface area (Å²) in [6.07, 6.45) is 1.70. The van der Waals surface area contributed by atoms with E-state index < -0.39 is 9.84 Å². The quantitative estimate of drug-likeness (QED) is 0.911. The molecule has 0 atom stereocenters. The van der Waals surface area contributed by atoms with Crippen LogP contribution < -0.4 is 0 Å². The summed E-state index contributed by atoms with van der Waals surface area (Å²) >= 11 is 5.90. The normalized spacial score (nSPS) is 12.2. The first-order valence-electron chi connectivity index (χ1n) is 5.84. The third kappa shape index (κ3) is 3.46. The van der Waals surface area contributed by atoms with Crippen LogP contribution in [0.2, 0.25) is 5.02 Å². The van der Waals surface area contributed by atoms with E-state index in [9.17, 15) is 13.5 Å². The maximum Gasteiger partial charge on any atom is 0.147 e. The molecule has 0 radical (unpaired) electrons. The lowest BCUT2D eigenvalue weighted by Crippen LogP contribution is -2.09. The molecule has 0 amide bonds. The Labute approximate surface area is 116 Å². The van der Waals surface area contributed by atoms with Crippen molar-refractivity contribution in [1.82, 2.24) is 9.55 Å². The Morgan fingerprint density at radius 1 is 1.42 bits per heavy atom. The first-order chi connectivity index (χ1) is 8.90. The van der Waals surface area contributed by atoms with Crippen LogP contribution in [0.4, 0.5) is 0 Å². The van der Waals surface area contributed by atoms with Gasteiger partial charge in [-0.2, -0.15) is 0 Å². The van der Waals surface area contributed by atoms with Gasteiger partial charge in [0.2, 0.25) is 0 Å². The number of hydrogen-bond acceptors (Lipinski definition) is 4. The molecule has 1 N–H and O–H groups in total.